The lowest BCUT2D eigenvalue weighted by Gasteiger charge is -2.29. The number of H-pyrrole nitrogens is 1. The van der Waals surface area contributed by atoms with E-state index in [-0.39, 0.29) is 11.3 Å². The van der Waals surface area contributed by atoms with E-state index in [2.05, 4.69) is 30.5 Å². The summed E-state index contributed by atoms with van der Waals surface area (Å²) in [6, 6.07) is 10.8. The fraction of sp³-hybridized carbons (Fsp3) is 0.321. The topological polar surface area (TPSA) is 85.9 Å². The highest BCUT2D eigenvalue weighted by molar-refractivity contribution is 6.07. The average molecular weight is 523 g/mol. The van der Waals surface area contributed by atoms with Gasteiger partial charge in [-0.2, -0.15) is 13.2 Å². The number of benzene rings is 1. The van der Waals surface area contributed by atoms with Crippen LogP contribution in [0.5, 0.6) is 0 Å². The molecule has 0 aliphatic carbocycles. The Morgan fingerprint density at radius 2 is 1.92 bits per heavy atom. The van der Waals surface area contributed by atoms with E-state index in [1.54, 1.807) is 36.8 Å². The first-order chi connectivity index (χ1) is 18.3. The van der Waals surface area contributed by atoms with Crippen LogP contribution in [0.1, 0.15) is 39.9 Å². The predicted molar refractivity (Wildman–Crippen MR) is 141 cm³/mol. The first-order valence-electron chi connectivity index (χ1n) is 12.6. The summed E-state index contributed by atoms with van der Waals surface area (Å²) in [4.78, 5) is 27.1. The van der Waals surface area contributed by atoms with E-state index in [1.165, 1.54) is 6.07 Å². The number of rotatable bonds is 7. The van der Waals surface area contributed by atoms with Crippen LogP contribution in [0.15, 0.2) is 61.1 Å². The zero-order valence-corrected chi connectivity index (χ0v) is 21.0. The van der Waals surface area contributed by atoms with Crippen molar-refractivity contribution in [2.45, 2.75) is 32.0 Å². The minimum absolute atomic E-state index is 0.116. The number of carbonyl (C=O) groups excluding carboxylic acids is 1. The first kappa shape index (κ1) is 25.7. The Hall–Kier alpha value is -3.92. The number of anilines is 2. The van der Waals surface area contributed by atoms with Gasteiger partial charge in [-0.1, -0.05) is 0 Å². The Kier molecular flexibility index (Phi) is 7.33. The van der Waals surface area contributed by atoms with E-state index in [9.17, 15) is 18.0 Å². The van der Waals surface area contributed by atoms with E-state index < -0.39 is 17.6 Å². The average Bonchev–Trinajstić information content (AvgIpc) is 3.38. The van der Waals surface area contributed by atoms with Gasteiger partial charge in [0.05, 0.1) is 11.1 Å². The molecule has 1 saturated heterocycles. The SMILES string of the molecule is CN1CCC(Cc2cc(NC(=O)c3cccnc3NCc3ccnc4[nH]ccc34)cc(C(F)(F)F)c2)CC1. The molecule has 1 amide bonds. The summed E-state index contributed by atoms with van der Waals surface area (Å²) in [5.74, 6) is 0.114. The van der Waals surface area contributed by atoms with E-state index in [4.69, 9.17) is 0 Å². The van der Waals surface area contributed by atoms with Crippen LogP contribution in [0.25, 0.3) is 11.0 Å². The number of pyridine rings is 2. The Balaban J connectivity index is 1.35. The number of nitrogens with one attached hydrogen (secondary N) is 3. The van der Waals surface area contributed by atoms with Gasteiger partial charge in [0, 0.05) is 36.2 Å². The van der Waals surface area contributed by atoms with Crippen molar-refractivity contribution >= 4 is 28.4 Å². The van der Waals surface area contributed by atoms with Crippen molar-refractivity contribution in [1.82, 2.24) is 19.9 Å². The summed E-state index contributed by atoms with van der Waals surface area (Å²) >= 11 is 0. The largest absolute Gasteiger partial charge is 0.416 e. The van der Waals surface area contributed by atoms with Crippen molar-refractivity contribution < 1.29 is 18.0 Å². The second-order valence-electron chi connectivity index (χ2n) is 9.78. The predicted octanol–water partition coefficient (Wildman–Crippen LogP) is 5.73. The summed E-state index contributed by atoms with van der Waals surface area (Å²) in [7, 11) is 2.05. The number of likely N-dealkylation sites (tertiary alicyclic amines) is 1. The highest BCUT2D eigenvalue weighted by atomic mass is 19.4. The van der Waals surface area contributed by atoms with Crippen LogP contribution < -0.4 is 10.6 Å². The highest BCUT2D eigenvalue weighted by Gasteiger charge is 2.32. The molecule has 38 heavy (non-hydrogen) atoms. The van der Waals surface area contributed by atoms with Crippen LogP contribution in [-0.4, -0.2) is 45.9 Å². The zero-order valence-electron chi connectivity index (χ0n) is 21.0. The summed E-state index contributed by atoms with van der Waals surface area (Å²) in [6.07, 6.45) is 2.95. The summed E-state index contributed by atoms with van der Waals surface area (Å²) < 4.78 is 41.1. The Morgan fingerprint density at radius 1 is 1.11 bits per heavy atom. The number of carbonyl (C=O) groups is 1. The van der Waals surface area contributed by atoms with Crippen LogP contribution in [0, 0.1) is 5.92 Å². The number of hydrogen-bond acceptors (Lipinski definition) is 5. The Bertz CT molecular complexity index is 1430. The number of hydrogen-bond donors (Lipinski definition) is 3. The molecule has 0 atom stereocenters. The molecule has 4 heterocycles. The van der Waals surface area contributed by atoms with Crippen molar-refractivity contribution in [2.24, 2.45) is 5.92 Å². The molecule has 0 radical (unpaired) electrons. The zero-order chi connectivity index (χ0) is 26.7. The van der Waals surface area contributed by atoms with Crippen LogP contribution in [0.4, 0.5) is 24.7 Å². The number of piperidine rings is 1. The number of nitrogens with zero attached hydrogens (tertiary/aromatic N) is 3. The van der Waals surface area contributed by atoms with Crippen LogP contribution >= 0.6 is 0 Å². The molecule has 10 heteroatoms. The van der Waals surface area contributed by atoms with E-state index in [1.807, 2.05) is 19.2 Å². The fourth-order valence-electron chi connectivity index (χ4n) is 4.92. The maximum atomic E-state index is 13.7. The maximum Gasteiger partial charge on any atom is 0.416 e. The number of fused-ring (bicyclic) bond motifs is 1. The van der Waals surface area contributed by atoms with Gasteiger partial charge in [0.2, 0.25) is 0 Å². The fourth-order valence-corrected chi connectivity index (χ4v) is 4.92. The van der Waals surface area contributed by atoms with Crippen molar-refractivity contribution in [3.63, 3.8) is 0 Å². The lowest BCUT2D eigenvalue weighted by molar-refractivity contribution is -0.137. The van der Waals surface area contributed by atoms with Gasteiger partial charge in [0.1, 0.15) is 11.5 Å². The smallest absolute Gasteiger partial charge is 0.365 e. The number of amides is 1. The molecule has 1 fully saturated rings. The third kappa shape index (κ3) is 5.96. The molecular weight excluding hydrogens is 493 g/mol. The molecule has 1 aromatic carbocycles. The van der Waals surface area contributed by atoms with Crippen molar-refractivity contribution in [3.8, 4) is 0 Å². The molecule has 0 saturated carbocycles. The lowest BCUT2D eigenvalue weighted by atomic mass is 9.89. The second kappa shape index (κ2) is 10.8. The molecule has 3 aromatic heterocycles. The molecule has 0 unspecified atom stereocenters. The first-order valence-corrected chi connectivity index (χ1v) is 12.6. The molecule has 7 nitrogen and oxygen atoms in total. The third-order valence-electron chi connectivity index (χ3n) is 6.99. The van der Waals surface area contributed by atoms with Crippen molar-refractivity contribution in [3.05, 3.63) is 83.3 Å². The van der Waals surface area contributed by atoms with Gasteiger partial charge >= 0.3 is 6.18 Å². The highest BCUT2D eigenvalue weighted by Crippen LogP contribution is 2.34. The van der Waals surface area contributed by atoms with Crippen LogP contribution in [-0.2, 0) is 19.1 Å². The van der Waals surface area contributed by atoms with Gasteiger partial charge in [-0.15, -0.1) is 0 Å². The Morgan fingerprint density at radius 3 is 2.71 bits per heavy atom. The van der Waals surface area contributed by atoms with E-state index in [0.29, 0.717) is 30.3 Å². The molecule has 3 N–H and O–H groups in total. The van der Waals surface area contributed by atoms with Gasteiger partial charge in [0.25, 0.3) is 5.91 Å². The molecule has 0 bridgehead atoms. The molecule has 4 aromatic rings. The maximum absolute atomic E-state index is 13.7. The quantitative estimate of drug-likeness (QED) is 0.289. The minimum Gasteiger partial charge on any atom is -0.365 e. The molecule has 198 valence electrons. The summed E-state index contributed by atoms with van der Waals surface area (Å²) in [5, 5.41) is 6.81. The molecule has 1 aliphatic heterocycles. The number of aromatic nitrogens is 3. The van der Waals surface area contributed by atoms with Crippen molar-refractivity contribution in [2.75, 3.05) is 30.8 Å². The van der Waals surface area contributed by atoms with Crippen LogP contribution in [0.2, 0.25) is 0 Å². The van der Waals surface area contributed by atoms with Crippen LogP contribution in [0.3, 0.4) is 0 Å². The van der Waals surface area contributed by atoms with Gasteiger partial charge in [-0.3, -0.25) is 4.79 Å². The number of aromatic amines is 1. The monoisotopic (exact) mass is 522 g/mol. The van der Waals surface area contributed by atoms with Crippen molar-refractivity contribution in [1.29, 1.82) is 0 Å². The molecule has 0 spiro atoms. The molecule has 1 aliphatic rings. The number of alkyl halides is 3. The summed E-state index contributed by atoms with van der Waals surface area (Å²) in [6.45, 7) is 2.25. The van der Waals surface area contributed by atoms with E-state index >= 15 is 0 Å². The van der Waals surface area contributed by atoms with Gasteiger partial charge in [-0.25, -0.2) is 9.97 Å². The van der Waals surface area contributed by atoms with Gasteiger partial charge < -0.3 is 20.5 Å². The van der Waals surface area contributed by atoms with Gasteiger partial charge in [0.15, 0.2) is 0 Å². The van der Waals surface area contributed by atoms with E-state index in [0.717, 1.165) is 48.6 Å². The molecular formula is C28H29F3N6O. The second-order valence-corrected chi connectivity index (χ2v) is 9.78. The Labute approximate surface area is 218 Å². The normalized spacial score (nSPS) is 15.1. The lowest BCUT2D eigenvalue weighted by Crippen LogP contribution is -2.31. The number of halogens is 3. The van der Waals surface area contributed by atoms with Gasteiger partial charge in [-0.05, 0) is 98.9 Å². The third-order valence-corrected chi connectivity index (χ3v) is 6.99. The molecule has 5 rings (SSSR count). The summed E-state index contributed by atoms with van der Waals surface area (Å²) in [5.41, 5.74) is 1.87. The standard InChI is InChI=1S/C28H29F3N6O/c1-37-11-6-18(7-12-37)13-19-14-21(28(29,30)31)16-22(15-19)36-27(38)24-3-2-8-32-26(24)35-17-20-4-9-33-25-23(20)5-10-34-25/h2-5,8-10,14-16,18H,6-7,11-13,17H2,1H3,(H,32,35)(H,33,34)(H,36,38). The minimum atomic E-state index is -4.52.